The Bertz CT molecular complexity index is 600. The van der Waals surface area contributed by atoms with Gasteiger partial charge in [-0.05, 0) is 18.6 Å². The number of esters is 1. The largest absolute Gasteiger partial charge is 0.468 e. The van der Waals surface area contributed by atoms with E-state index in [2.05, 4.69) is 16.1 Å². The molecule has 2 saturated heterocycles. The number of nitrogens with zero attached hydrogens (tertiary/aromatic N) is 1. The highest BCUT2D eigenvalue weighted by Gasteiger charge is 2.44. The summed E-state index contributed by atoms with van der Waals surface area (Å²) in [4.78, 5) is 24.2. The highest BCUT2D eigenvalue weighted by molar-refractivity contribution is 8.01. The van der Waals surface area contributed by atoms with Gasteiger partial charge in [-0.25, -0.2) is 5.43 Å². The van der Waals surface area contributed by atoms with Gasteiger partial charge in [-0.15, -0.1) is 11.8 Å². The van der Waals surface area contributed by atoms with Crippen molar-refractivity contribution in [1.29, 1.82) is 0 Å². The van der Waals surface area contributed by atoms with Crippen LogP contribution < -0.4 is 21.1 Å². The minimum absolute atomic E-state index is 0.0121. The first-order valence-corrected chi connectivity index (χ1v) is 8.95. The Kier molecular flexibility index (Phi) is 5.27. The fourth-order valence-corrected chi connectivity index (χ4v) is 4.10. The Balaban J connectivity index is 1.73. The number of hydrogen-bond donors (Lipinski definition) is 3. The van der Waals surface area contributed by atoms with Crippen molar-refractivity contribution < 1.29 is 14.3 Å². The van der Waals surface area contributed by atoms with Crippen LogP contribution in [0.25, 0.3) is 0 Å². The second-order valence-electron chi connectivity index (χ2n) is 5.73. The number of fused-ring (bicyclic) bond motifs is 1. The summed E-state index contributed by atoms with van der Waals surface area (Å²) in [5.74, 6) is -0.465. The number of para-hydroxylation sites is 1. The van der Waals surface area contributed by atoms with Gasteiger partial charge in [0.25, 0.3) is 0 Å². The summed E-state index contributed by atoms with van der Waals surface area (Å²) in [6, 6.07) is 9.87. The monoisotopic (exact) mass is 350 g/mol. The number of methoxy groups -OCH3 is 1. The molecule has 130 valence electrons. The molecule has 3 rings (SSSR count). The second kappa shape index (κ2) is 7.42. The third-order valence-electron chi connectivity index (χ3n) is 4.24. The van der Waals surface area contributed by atoms with Gasteiger partial charge in [0.05, 0.1) is 18.7 Å². The van der Waals surface area contributed by atoms with Crippen LogP contribution in [0, 0.1) is 5.92 Å². The topological polar surface area (TPSA) is 82.7 Å². The van der Waals surface area contributed by atoms with Crippen LogP contribution in [0.15, 0.2) is 30.3 Å². The number of nitrogens with one attached hydrogen (secondary N) is 3. The summed E-state index contributed by atoms with van der Waals surface area (Å²) in [5.41, 5.74) is 3.93. The molecule has 4 unspecified atom stereocenters. The van der Waals surface area contributed by atoms with E-state index in [9.17, 15) is 9.59 Å². The maximum Gasteiger partial charge on any atom is 0.318 e. The summed E-state index contributed by atoms with van der Waals surface area (Å²) >= 11 is 1.38. The molecule has 1 aromatic rings. The Labute approximate surface area is 145 Å². The number of hydrazine groups is 1. The number of ether oxygens (including phenoxy) is 1. The van der Waals surface area contributed by atoms with E-state index in [1.165, 1.54) is 18.9 Å². The molecule has 0 bridgehead atoms. The quantitative estimate of drug-likeness (QED) is 0.672. The number of amides is 1. The van der Waals surface area contributed by atoms with Crippen LogP contribution in [0.3, 0.4) is 0 Å². The maximum absolute atomic E-state index is 12.4. The number of rotatable bonds is 5. The Morgan fingerprint density at radius 3 is 2.83 bits per heavy atom. The molecule has 1 aromatic carbocycles. The SMILES string of the molecule is CCC(SC1NC(=O)C2CNN(c3ccccc3)C2N1)C(=O)OC. The molecule has 24 heavy (non-hydrogen) atoms. The van der Waals surface area contributed by atoms with Crippen molar-refractivity contribution in [3.8, 4) is 0 Å². The predicted octanol–water partition coefficient (Wildman–Crippen LogP) is 0.641. The first-order chi connectivity index (χ1) is 11.6. The Morgan fingerprint density at radius 1 is 1.42 bits per heavy atom. The summed E-state index contributed by atoms with van der Waals surface area (Å²) in [7, 11) is 1.38. The standard InChI is InChI=1S/C16H22N4O3S/c1-3-12(15(22)23-2)24-16-18-13-11(14(21)19-16)9-17-20(13)10-7-5-4-6-8-10/h4-8,11-13,16-18H,3,9H2,1-2H3,(H,19,21). The summed E-state index contributed by atoms with van der Waals surface area (Å²) in [5, 5.41) is 8.03. The Morgan fingerprint density at radius 2 is 2.17 bits per heavy atom. The van der Waals surface area contributed by atoms with Gasteiger partial charge < -0.3 is 10.1 Å². The van der Waals surface area contributed by atoms with Gasteiger partial charge in [0.15, 0.2) is 0 Å². The zero-order chi connectivity index (χ0) is 17.1. The number of carbonyl (C=O) groups excluding carboxylic acids is 2. The molecule has 0 radical (unpaired) electrons. The van der Waals surface area contributed by atoms with E-state index in [0.717, 1.165) is 5.69 Å². The molecule has 0 spiro atoms. The summed E-state index contributed by atoms with van der Waals surface area (Å²) in [6.45, 7) is 2.50. The molecular formula is C16H22N4O3S. The average molecular weight is 350 g/mol. The van der Waals surface area contributed by atoms with Gasteiger partial charge in [-0.2, -0.15) is 0 Å². The van der Waals surface area contributed by atoms with Crippen molar-refractivity contribution in [2.24, 2.45) is 5.92 Å². The van der Waals surface area contributed by atoms with Gasteiger partial charge in [0.2, 0.25) is 5.91 Å². The number of anilines is 1. The van der Waals surface area contributed by atoms with Gasteiger partial charge >= 0.3 is 5.97 Å². The van der Waals surface area contributed by atoms with Crippen LogP contribution in [0.5, 0.6) is 0 Å². The molecule has 8 heteroatoms. The molecule has 7 nitrogen and oxygen atoms in total. The van der Waals surface area contributed by atoms with Crippen molar-refractivity contribution in [2.45, 2.75) is 30.3 Å². The maximum atomic E-state index is 12.4. The fraction of sp³-hybridized carbons (Fsp3) is 0.500. The lowest BCUT2D eigenvalue weighted by atomic mass is 10.1. The molecule has 0 saturated carbocycles. The van der Waals surface area contributed by atoms with E-state index >= 15 is 0 Å². The molecule has 4 atom stereocenters. The lowest BCUT2D eigenvalue weighted by molar-refractivity contribution is -0.140. The van der Waals surface area contributed by atoms with Crippen LogP contribution in [0.1, 0.15) is 13.3 Å². The van der Waals surface area contributed by atoms with Crippen LogP contribution in [-0.2, 0) is 14.3 Å². The molecular weight excluding hydrogens is 328 g/mol. The minimum atomic E-state index is -0.339. The van der Waals surface area contributed by atoms with E-state index in [-0.39, 0.29) is 34.7 Å². The normalized spacial score (nSPS) is 27.3. The smallest absolute Gasteiger partial charge is 0.318 e. The molecule has 1 amide bonds. The van der Waals surface area contributed by atoms with Crippen molar-refractivity contribution in [2.75, 3.05) is 18.7 Å². The highest BCUT2D eigenvalue weighted by Crippen LogP contribution is 2.28. The molecule has 2 heterocycles. The van der Waals surface area contributed by atoms with Gasteiger partial charge in [-0.1, -0.05) is 25.1 Å². The molecule has 0 aromatic heterocycles. The van der Waals surface area contributed by atoms with Crippen molar-refractivity contribution >= 4 is 29.3 Å². The van der Waals surface area contributed by atoms with E-state index < -0.39 is 0 Å². The van der Waals surface area contributed by atoms with Gasteiger partial charge in [0, 0.05) is 6.54 Å². The van der Waals surface area contributed by atoms with Crippen LogP contribution in [0.4, 0.5) is 5.69 Å². The van der Waals surface area contributed by atoms with E-state index in [1.54, 1.807) is 0 Å². The van der Waals surface area contributed by atoms with E-state index in [0.29, 0.717) is 13.0 Å². The third kappa shape index (κ3) is 3.35. The molecule has 2 aliphatic rings. The molecule has 0 aliphatic carbocycles. The lowest BCUT2D eigenvalue weighted by Gasteiger charge is -2.37. The minimum Gasteiger partial charge on any atom is -0.468 e. The van der Waals surface area contributed by atoms with Crippen LogP contribution >= 0.6 is 11.8 Å². The first kappa shape index (κ1) is 17.1. The average Bonchev–Trinajstić information content (AvgIpc) is 3.04. The Hall–Kier alpha value is -1.77. The zero-order valence-electron chi connectivity index (χ0n) is 13.7. The third-order valence-corrected chi connectivity index (χ3v) is 5.62. The van der Waals surface area contributed by atoms with Crippen molar-refractivity contribution in [3.63, 3.8) is 0 Å². The lowest BCUT2D eigenvalue weighted by Crippen LogP contribution is -2.63. The van der Waals surface area contributed by atoms with Crippen molar-refractivity contribution in [1.82, 2.24) is 16.1 Å². The zero-order valence-corrected chi connectivity index (χ0v) is 14.5. The van der Waals surface area contributed by atoms with E-state index in [1.807, 2.05) is 42.3 Å². The molecule has 3 N–H and O–H groups in total. The molecule has 2 fully saturated rings. The highest BCUT2D eigenvalue weighted by atomic mass is 32.2. The predicted molar refractivity (Wildman–Crippen MR) is 93.0 cm³/mol. The summed E-state index contributed by atoms with van der Waals surface area (Å²) in [6.07, 6.45) is 0.481. The van der Waals surface area contributed by atoms with Gasteiger partial charge in [-0.3, -0.25) is 19.9 Å². The molecule has 2 aliphatic heterocycles. The van der Waals surface area contributed by atoms with Crippen LogP contribution in [0.2, 0.25) is 0 Å². The number of carbonyl (C=O) groups is 2. The fourth-order valence-electron chi connectivity index (χ4n) is 2.97. The van der Waals surface area contributed by atoms with Gasteiger partial charge in [0.1, 0.15) is 16.9 Å². The second-order valence-corrected chi connectivity index (χ2v) is 7.04. The number of hydrogen-bond acceptors (Lipinski definition) is 7. The van der Waals surface area contributed by atoms with Crippen molar-refractivity contribution in [3.05, 3.63) is 30.3 Å². The van der Waals surface area contributed by atoms with Crippen LogP contribution in [-0.4, -0.2) is 42.4 Å². The van der Waals surface area contributed by atoms with E-state index in [4.69, 9.17) is 4.74 Å². The number of benzene rings is 1. The first-order valence-electron chi connectivity index (χ1n) is 8.01. The summed E-state index contributed by atoms with van der Waals surface area (Å²) < 4.78 is 4.83. The number of thioether (sulfide) groups is 1.